The molecule has 0 bridgehead atoms. The Balaban J connectivity index is 1.94. The number of hydrogen-bond donors (Lipinski definition) is 2. The number of hydrogen-bond acceptors (Lipinski definition) is 5. The van der Waals surface area contributed by atoms with E-state index in [2.05, 4.69) is 5.32 Å². The molecule has 3 N–H and O–H groups in total. The van der Waals surface area contributed by atoms with Crippen LogP contribution in [0.4, 0.5) is 0 Å². The number of ether oxygens (including phenoxy) is 2. The van der Waals surface area contributed by atoms with Gasteiger partial charge >= 0.3 is 0 Å². The largest absolute Gasteiger partial charge is 0.478 e. The normalized spacial score (nSPS) is 11.1. The highest BCUT2D eigenvalue weighted by Crippen LogP contribution is 2.21. The zero-order chi connectivity index (χ0) is 20.6. The van der Waals surface area contributed by atoms with E-state index < -0.39 is 5.60 Å². The molecule has 0 unspecified atom stereocenters. The molecule has 2 rings (SSSR count). The first-order valence-corrected chi connectivity index (χ1v) is 9.37. The minimum absolute atomic E-state index is 0.113. The van der Waals surface area contributed by atoms with E-state index in [9.17, 15) is 9.59 Å². The van der Waals surface area contributed by atoms with E-state index in [1.165, 1.54) is 0 Å². The molecule has 1 amide bonds. The third-order valence-electron chi connectivity index (χ3n) is 3.94. The molecular formula is C21H25ClN2O4. The Bertz CT molecular complexity index is 789. The standard InChI is InChI=1S/C21H25ClN2O4/c1-21(2,20(26)24-12-14-27-13-11-23)28-18-9-5-16(6-10-18)19(25)15-3-7-17(22)8-4-15/h3-10H,11-14,23H2,1-2H3,(H,24,26). The second kappa shape index (κ2) is 10.2. The summed E-state index contributed by atoms with van der Waals surface area (Å²) in [4.78, 5) is 24.8. The molecular weight excluding hydrogens is 380 g/mol. The van der Waals surface area contributed by atoms with E-state index in [0.29, 0.717) is 48.2 Å². The van der Waals surface area contributed by atoms with Crippen LogP contribution in [0.3, 0.4) is 0 Å². The van der Waals surface area contributed by atoms with Crippen LogP contribution in [-0.4, -0.2) is 43.6 Å². The lowest BCUT2D eigenvalue weighted by Crippen LogP contribution is -2.47. The summed E-state index contributed by atoms with van der Waals surface area (Å²) in [6.45, 7) is 5.02. The Morgan fingerprint density at radius 3 is 2.14 bits per heavy atom. The molecule has 0 aliphatic heterocycles. The Kier molecular flexibility index (Phi) is 7.99. The minimum Gasteiger partial charge on any atom is -0.478 e. The molecule has 0 spiro atoms. The average Bonchev–Trinajstić information content (AvgIpc) is 2.68. The van der Waals surface area contributed by atoms with Crippen LogP contribution in [0.5, 0.6) is 5.75 Å². The van der Waals surface area contributed by atoms with Gasteiger partial charge < -0.3 is 20.5 Å². The SMILES string of the molecule is CC(C)(Oc1ccc(C(=O)c2ccc(Cl)cc2)cc1)C(=O)NCCOCCN. The van der Waals surface area contributed by atoms with E-state index in [-0.39, 0.29) is 11.7 Å². The number of nitrogens with two attached hydrogens (primary N) is 1. The Labute approximate surface area is 170 Å². The summed E-state index contributed by atoms with van der Waals surface area (Å²) in [7, 11) is 0. The first-order valence-electron chi connectivity index (χ1n) is 8.99. The van der Waals surface area contributed by atoms with Gasteiger partial charge in [-0.15, -0.1) is 0 Å². The maximum Gasteiger partial charge on any atom is 0.263 e. The second-order valence-corrected chi connectivity index (χ2v) is 7.07. The lowest BCUT2D eigenvalue weighted by molar-refractivity contribution is -0.134. The van der Waals surface area contributed by atoms with Crippen molar-refractivity contribution in [3.63, 3.8) is 0 Å². The van der Waals surface area contributed by atoms with Crippen LogP contribution in [0.2, 0.25) is 5.02 Å². The smallest absolute Gasteiger partial charge is 0.263 e. The van der Waals surface area contributed by atoms with Crippen LogP contribution in [0.25, 0.3) is 0 Å². The van der Waals surface area contributed by atoms with Crippen molar-refractivity contribution in [2.45, 2.75) is 19.4 Å². The molecule has 0 fully saturated rings. The minimum atomic E-state index is -1.07. The fourth-order valence-corrected chi connectivity index (χ4v) is 2.54. The summed E-state index contributed by atoms with van der Waals surface area (Å²) < 4.78 is 11.0. The van der Waals surface area contributed by atoms with Gasteiger partial charge in [0.2, 0.25) is 0 Å². The molecule has 150 valence electrons. The second-order valence-electron chi connectivity index (χ2n) is 6.63. The van der Waals surface area contributed by atoms with Gasteiger partial charge in [0.05, 0.1) is 13.2 Å². The Hall–Kier alpha value is -2.41. The molecule has 7 heteroatoms. The van der Waals surface area contributed by atoms with Crippen LogP contribution < -0.4 is 15.8 Å². The number of ketones is 1. The van der Waals surface area contributed by atoms with Gasteiger partial charge in [0.1, 0.15) is 5.75 Å². The van der Waals surface area contributed by atoms with Gasteiger partial charge in [0.25, 0.3) is 5.91 Å². The van der Waals surface area contributed by atoms with Gasteiger partial charge in [-0.25, -0.2) is 0 Å². The zero-order valence-electron chi connectivity index (χ0n) is 16.0. The molecule has 6 nitrogen and oxygen atoms in total. The molecule has 2 aromatic carbocycles. The number of carbonyl (C=O) groups excluding carboxylic acids is 2. The lowest BCUT2D eigenvalue weighted by atomic mass is 10.0. The van der Waals surface area contributed by atoms with Crippen molar-refractivity contribution in [3.05, 3.63) is 64.7 Å². The van der Waals surface area contributed by atoms with Crippen molar-refractivity contribution in [1.82, 2.24) is 5.32 Å². The van der Waals surface area contributed by atoms with Crippen LogP contribution in [0, 0.1) is 0 Å². The molecule has 2 aromatic rings. The lowest BCUT2D eigenvalue weighted by Gasteiger charge is -2.25. The van der Waals surface area contributed by atoms with Crippen LogP contribution in [0.15, 0.2) is 48.5 Å². The number of amides is 1. The third kappa shape index (κ3) is 6.34. The molecule has 0 aliphatic rings. The van der Waals surface area contributed by atoms with Crippen molar-refractivity contribution < 1.29 is 19.1 Å². The topological polar surface area (TPSA) is 90.7 Å². The first-order chi connectivity index (χ1) is 13.3. The molecule has 0 saturated heterocycles. The highest BCUT2D eigenvalue weighted by molar-refractivity contribution is 6.30. The van der Waals surface area contributed by atoms with Crippen LogP contribution >= 0.6 is 11.6 Å². The summed E-state index contributed by atoms with van der Waals surface area (Å²) in [6.07, 6.45) is 0. The zero-order valence-corrected chi connectivity index (χ0v) is 16.8. The monoisotopic (exact) mass is 404 g/mol. The average molecular weight is 405 g/mol. The summed E-state index contributed by atoms with van der Waals surface area (Å²) in [5.74, 6) is 0.120. The Morgan fingerprint density at radius 1 is 1.00 bits per heavy atom. The molecule has 0 radical (unpaired) electrons. The summed E-state index contributed by atoms with van der Waals surface area (Å²) in [6, 6.07) is 13.4. The number of nitrogens with one attached hydrogen (secondary N) is 1. The van der Waals surface area contributed by atoms with Crippen molar-refractivity contribution in [1.29, 1.82) is 0 Å². The van der Waals surface area contributed by atoms with Gasteiger partial charge in [-0.3, -0.25) is 9.59 Å². The van der Waals surface area contributed by atoms with E-state index in [1.807, 2.05) is 0 Å². The van der Waals surface area contributed by atoms with Crippen molar-refractivity contribution in [2.75, 3.05) is 26.3 Å². The molecule has 0 aliphatic carbocycles. The number of benzene rings is 2. The van der Waals surface area contributed by atoms with E-state index in [1.54, 1.807) is 62.4 Å². The highest BCUT2D eigenvalue weighted by Gasteiger charge is 2.29. The van der Waals surface area contributed by atoms with Crippen molar-refractivity contribution in [2.24, 2.45) is 5.73 Å². The summed E-state index contributed by atoms with van der Waals surface area (Å²) in [5, 5.41) is 3.34. The Morgan fingerprint density at radius 2 is 1.57 bits per heavy atom. The van der Waals surface area contributed by atoms with Gasteiger partial charge in [0, 0.05) is 29.2 Å². The van der Waals surface area contributed by atoms with E-state index >= 15 is 0 Å². The number of carbonyl (C=O) groups is 2. The fourth-order valence-electron chi connectivity index (χ4n) is 2.42. The summed E-state index contributed by atoms with van der Waals surface area (Å²) in [5.41, 5.74) is 5.33. The molecule has 28 heavy (non-hydrogen) atoms. The number of halogens is 1. The first kappa shape index (κ1) is 21.9. The molecule has 0 atom stereocenters. The van der Waals surface area contributed by atoms with Crippen LogP contribution in [-0.2, 0) is 9.53 Å². The maximum absolute atomic E-state index is 12.5. The molecule has 0 heterocycles. The highest BCUT2D eigenvalue weighted by atomic mass is 35.5. The predicted molar refractivity (Wildman–Crippen MR) is 109 cm³/mol. The van der Waals surface area contributed by atoms with Gasteiger partial charge in [-0.1, -0.05) is 11.6 Å². The van der Waals surface area contributed by atoms with Gasteiger partial charge in [0.15, 0.2) is 11.4 Å². The quantitative estimate of drug-likeness (QED) is 0.469. The van der Waals surface area contributed by atoms with Crippen LogP contribution in [0.1, 0.15) is 29.8 Å². The van der Waals surface area contributed by atoms with Crippen molar-refractivity contribution in [3.8, 4) is 5.75 Å². The van der Waals surface area contributed by atoms with Gasteiger partial charge in [-0.2, -0.15) is 0 Å². The van der Waals surface area contributed by atoms with E-state index in [4.69, 9.17) is 26.8 Å². The van der Waals surface area contributed by atoms with Gasteiger partial charge in [-0.05, 0) is 62.4 Å². The van der Waals surface area contributed by atoms with Crippen molar-refractivity contribution >= 4 is 23.3 Å². The van der Waals surface area contributed by atoms with E-state index in [0.717, 1.165) is 0 Å². The third-order valence-corrected chi connectivity index (χ3v) is 4.19. The molecule has 0 saturated carbocycles. The number of rotatable bonds is 10. The summed E-state index contributed by atoms with van der Waals surface area (Å²) >= 11 is 5.85. The molecule has 0 aromatic heterocycles. The predicted octanol–water partition coefficient (Wildman–Crippen LogP) is 2.82. The maximum atomic E-state index is 12.5. The fraction of sp³-hybridized carbons (Fsp3) is 0.333.